The summed E-state index contributed by atoms with van der Waals surface area (Å²) < 4.78 is 0. The third kappa shape index (κ3) is 2.85. The van der Waals surface area contributed by atoms with Gasteiger partial charge in [0.15, 0.2) is 0 Å². The van der Waals surface area contributed by atoms with Gasteiger partial charge in [0.25, 0.3) is 0 Å². The first kappa shape index (κ1) is 15.6. The minimum absolute atomic E-state index is 0.0430. The van der Waals surface area contributed by atoms with Crippen LogP contribution in [0.25, 0.3) is 0 Å². The maximum Gasteiger partial charge on any atom is 0.228 e. The van der Waals surface area contributed by atoms with Crippen LogP contribution in [0.2, 0.25) is 0 Å². The standard InChI is InChI=1S/C23H21NO/c1-17-12-14-20(15-13-17)24-22(25)21-16-23(21,18-8-4-2-5-9-18)19-10-6-3-7-11-19/h2-15,21H,16H2,1H3,(H,24,25)/t21-/m0/s1. The van der Waals surface area contributed by atoms with Crippen molar-refractivity contribution >= 4 is 11.6 Å². The van der Waals surface area contributed by atoms with E-state index in [0.717, 1.165) is 12.1 Å². The predicted molar refractivity (Wildman–Crippen MR) is 102 cm³/mol. The van der Waals surface area contributed by atoms with Gasteiger partial charge in [0.1, 0.15) is 0 Å². The van der Waals surface area contributed by atoms with Gasteiger partial charge in [-0.15, -0.1) is 0 Å². The Balaban J connectivity index is 1.64. The van der Waals surface area contributed by atoms with Gasteiger partial charge in [-0.2, -0.15) is 0 Å². The van der Waals surface area contributed by atoms with Gasteiger partial charge in [0, 0.05) is 11.1 Å². The van der Waals surface area contributed by atoms with Crippen molar-refractivity contribution in [2.24, 2.45) is 5.92 Å². The van der Waals surface area contributed by atoms with E-state index in [-0.39, 0.29) is 17.2 Å². The van der Waals surface area contributed by atoms with Crippen LogP contribution in [0.15, 0.2) is 84.9 Å². The lowest BCUT2D eigenvalue weighted by atomic mass is 9.85. The molecular weight excluding hydrogens is 306 g/mol. The van der Waals surface area contributed by atoms with Crippen molar-refractivity contribution in [1.29, 1.82) is 0 Å². The molecule has 0 bridgehead atoms. The molecule has 25 heavy (non-hydrogen) atoms. The molecule has 2 nitrogen and oxygen atoms in total. The van der Waals surface area contributed by atoms with Gasteiger partial charge >= 0.3 is 0 Å². The maximum absolute atomic E-state index is 12.9. The van der Waals surface area contributed by atoms with Gasteiger partial charge in [0.2, 0.25) is 5.91 Å². The number of aryl methyl sites for hydroxylation is 1. The zero-order valence-electron chi connectivity index (χ0n) is 14.3. The maximum atomic E-state index is 12.9. The molecule has 0 aliphatic heterocycles. The Labute approximate surface area is 148 Å². The SMILES string of the molecule is Cc1ccc(NC(=O)[C@@H]2CC2(c2ccccc2)c2ccccc2)cc1. The zero-order chi connectivity index (χ0) is 17.3. The van der Waals surface area contributed by atoms with E-state index in [0.29, 0.717) is 0 Å². The number of carbonyl (C=O) groups excluding carboxylic acids is 1. The fourth-order valence-corrected chi connectivity index (χ4v) is 3.72. The van der Waals surface area contributed by atoms with Crippen molar-refractivity contribution in [3.8, 4) is 0 Å². The summed E-state index contributed by atoms with van der Waals surface area (Å²) in [6, 6.07) is 28.7. The van der Waals surface area contributed by atoms with Gasteiger partial charge in [0.05, 0.1) is 5.92 Å². The van der Waals surface area contributed by atoms with Crippen LogP contribution in [0.1, 0.15) is 23.1 Å². The third-order valence-corrected chi connectivity index (χ3v) is 5.17. The molecule has 1 N–H and O–H groups in total. The summed E-state index contributed by atoms with van der Waals surface area (Å²) in [5, 5.41) is 3.09. The lowest BCUT2D eigenvalue weighted by molar-refractivity contribution is -0.117. The molecule has 1 aliphatic rings. The van der Waals surface area contributed by atoms with Crippen molar-refractivity contribution in [2.75, 3.05) is 5.32 Å². The summed E-state index contributed by atoms with van der Waals surface area (Å²) in [7, 11) is 0. The molecule has 3 aromatic rings. The van der Waals surface area contributed by atoms with Crippen molar-refractivity contribution < 1.29 is 4.79 Å². The molecule has 4 rings (SSSR count). The Morgan fingerprint density at radius 2 is 1.36 bits per heavy atom. The molecule has 3 aromatic carbocycles. The fraction of sp³-hybridized carbons (Fsp3) is 0.174. The van der Waals surface area contributed by atoms with E-state index in [2.05, 4.69) is 29.6 Å². The van der Waals surface area contributed by atoms with Crippen LogP contribution in [0.5, 0.6) is 0 Å². The monoisotopic (exact) mass is 327 g/mol. The highest BCUT2D eigenvalue weighted by Crippen LogP contribution is 2.59. The summed E-state index contributed by atoms with van der Waals surface area (Å²) in [6.07, 6.45) is 0.846. The van der Waals surface area contributed by atoms with Gasteiger partial charge in [-0.05, 0) is 36.6 Å². The minimum atomic E-state index is -0.211. The van der Waals surface area contributed by atoms with Crippen LogP contribution in [0.4, 0.5) is 5.69 Å². The Hall–Kier alpha value is -2.87. The molecule has 1 fully saturated rings. The quantitative estimate of drug-likeness (QED) is 0.722. The van der Waals surface area contributed by atoms with Gasteiger partial charge in [-0.1, -0.05) is 78.4 Å². The van der Waals surface area contributed by atoms with Crippen molar-refractivity contribution in [3.05, 3.63) is 102 Å². The number of carbonyl (C=O) groups is 1. The summed E-state index contributed by atoms with van der Waals surface area (Å²) in [5.74, 6) is 0.0511. The van der Waals surface area contributed by atoms with Crippen LogP contribution in [-0.4, -0.2) is 5.91 Å². The number of nitrogens with one attached hydrogen (secondary N) is 1. The first-order chi connectivity index (χ1) is 12.2. The summed E-state index contributed by atoms with van der Waals surface area (Å²) in [4.78, 5) is 12.9. The topological polar surface area (TPSA) is 29.1 Å². The molecular formula is C23H21NO. The number of benzene rings is 3. The molecule has 1 amide bonds. The van der Waals surface area contributed by atoms with E-state index in [1.54, 1.807) is 0 Å². The van der Waals surface area contributed by atoms with Crippen LogP contribution in [-0.2, 0) is 10.2 Å². The molecule has 0 radical (unpaired) electrons. The fourth-order valence-electron chi connectivity index (χ4n) is 3.72. The van der Waals surface area contributed by atoms with E-state index in [1.165, 1.54) is 16.7 Å². The second-order valence-corrected chi connectivity index (χ2v) is 6.82. The molecule has 0 saturated heterocycles. The number of hydrogen-bond acceptors (Lipinski definition) is 1. The van der Waals surface area contributed by atoms with Crippen LogP contribution >= 0.6 is 0 Å². The van der Waals surface area contributed by atoms with Crippen molar-refractivity contribution in [1.82, 2.24) is 0 Å². The lowest BCUT2D eigenvalue weighted by Crippen LogP contribution is -2.22. The number of hydrogen-bond donors (Lipinski definition) is 1. The predicted octanol–water partition coefficient (Wildman–Crippen LogP) is 4.94. The molecule has 2 heteroatoms. The van der Waals surface area contributed by atoms with Gasteiger partial charge < -0.3 is 5.32 Å². The average molecular weight is 327 g/mol. The first-order valence-electron chi connectivity index (χ1n) is 8.69. The van der Waals surface area contributed by atoms with Crippen molar-refractivity contribution in [3.63, 3.8) is 0 Å². The highest BCUT2D eigenvalue weighted by Gasteiger charge is 2.60. The number of rotatable bonds is 4. The van der Waals surface area contributed by atoms with Crippen LogP contribution < -0.4 is 5.32 Å². The molecule has 1 atom stereocenters. The Kier molecular flexibility index (Phi) is 3.89. The Morgan fingerprint density at radius 3 is 1.88 bits per heavy atom. The average Bonchev–Trinajstić information content (AvgIpc) is 3.42. The minimum Gasteiger partial charge on any atom is -0.326 e. The lowest BCUT2D eigenvalue weighted by Gasteiger charge is -2.19. The molecule has 0 aromatic heterocycles. The molecule has 1 saturated carbocycles. The normalized spacial score (nSPS) is 17.7. The smallest absolute Gasteiger partial charge is 0.228 e. The third-order valence-electron chi connectivity index (χ3n) is 5.17. The second kappa shape index (κ2) is 6.21. The number of amides is 1. The molecule has 124 valence electrons. The Morgan fingerprint density at radius 1 is 0.840 bits per heavy atom. The summed E-state index contributed by atoms with van der Waals surface area (Å²) in [5.41, 5.74) is 4.26. The first-order valence-corrected chi connectivity index (χ1v) is 8.69. The Bertz CT molecular complexity index is 829. The van der Waals surface area contributed by atoms with Crippen molar-refractivity contribution in [2.45, 2.75) is 18.8 Å². The zero-order valence-corrected chi connectivity index (χ0v) is 14.3. The van der Waals surface area contributed by atoms with Crippen LogP contribution in [0, 0.1) is 12.8 Å². The number of anilines is 1. The molecule has 0 unspecified atom stereocenters. The highest BCUT2D eigenvalue weighted by atomic mass is 16.2. The molecule has 0 spiro atoms. The van der Waals surface area contributed by atoms with E-state index in [9.17, 15) is 4.79 Å². The van der Waals surface area contributed by atoms with E-state index >= 15 is 0 Å². The van der Waals surface area contributed by atoms with E-state index in [1.807, 2.05) is 67.6 Å². The van der Waals surface area contributed by atoms with Crippen LogP contribution in [0.3, 0.4) is 0 Å². The van der Waals surface area contributed by atoms with Gasteiger partial charge in [-0.3, -0.25) is 4.79 Å². The van der Waals surface area contributed by atoms with E-state index in [4.69, 9.17) is 0 Å². The van der Waals surface area contributed by atoms with E-state index < -0.39 is 0 Å². The summed E-state index contributed by atoms with van der Waals surface area (Å²) in [6.45, 7) is 2.04. The molecule has 0 heterocycles. The van der Waals surface area contributed by atoms with Gasteiger partial charge in [-0.25, -0.2) is 0 Å². The molecule has 1 aliphatic carbocycles. The highest BCUT2D eigenvalue weighted by molar-refractivity contribution is 5.97. The summed E-state index contributed by atoms with van der Waals surface area (Å²) >= 11 is 0. The largest absolute Gasteiger partial charge is 0.326 e. The second-order valence-electron chi connectivity index (χ2n) is 6.82.